The van der Waals surface area contributed by atoms with Crippen LogP contribution in [0.4, 0.5) is 11.4 Å². The van der Waals surface area contributed by atoms with Gasteiger partial charge in [-0.05, 0) is 136 Å². The Bertz CT molecular complexity index is 1550. The standard InChI is InChI=1S/C25H22I6N4O8/c1-4-9(38)11-15(26)13(20(31)22(19(11)30)35(3)8(2)37)24(41)33-7-10(39)34-21-17(28)12(23(40)32-5-6-36)16(27)14(18(21)29)25(42)43/h36H,4-7H2,1-3H3,(H,32,40)(H,33,41)(H,34,39)(H,42,43)/p-1. The molecule has 2 aromatic carbocycles. The molecule has 2 rings (SSSR count). The number of halogens is 6. The average Bonchev–Trinajstić information content (AvgIpc) is 2.92. The Hall–Kier alpha value is -0.200. The normalized spacial score (nSPS) is 10.7. The van der Waals surface area contributed by atoms with E-state index in [0.29, 0.717) is 22.0 Å². The van der Waals surface area contributed by atoms with E-state index in [4.69, 9.17) is 5.11 Å². The minimum Gasteiger partial charge on any atom is -0.545 e. The van der Waals surface area contributed by atoms with Gasteiger partial charge < -0.3 is 35.9 Å². The summed E-state index contributed by atoms with van der Waals surface area (Å²) in [6, 6.07) is 0. The van der Waals surface area contributed by atoms with Crippen LogP contribution in [0.1, 0.15) is 61.7 Å². The molecule has 12 nitrogen and oxygen atoms in total. The molecule has 18 heteroatoms. The van der Waals surface area contributed by atoms with Crippen molar-refractivity contribution in [1.82, 2.24) is 10.6 Å². The molecule has 0 saturated carbocycles. The molecule has 0 fully saturated rings. The topological polar surface area (TPSA) is 185 Å². The molecule has 0 radical (unpaired) electrons. The number of hydrogen-bond donors (Lipinski definition) is 4. The molecule has 0 bridgehead atoms. The maximum Gasteiger partial charge on any atom is 0.253 e. The molecule has 43 heavy (non-hydrogen) atoms. The third kappa shape index (κ3) is 8.79. The first kappa shape index (κ1) is 39.0. The van der Waals surface area contributed by atoms with Crippen LogP contribution in [0, 0.1) is 21.4 Å². The lowest BCUT2D eigenvalue weighted by atomic mass is 10.0. The molecule has 0 spiro atoms. The highest BCUT2D eigenvalue weighted by Gasteiger charge is 2.30. The number of amides is 4. The summed E-state index contributed by atoms with van der Waals surface area (Å²) in [5.74, 6) is -4.14. The molecule has 0 unspecified atom stereocenters. The van der Waals surface area contributed by atoms with Crippen molar-refractivity contribution in [3.8, 4) is 0 Å². The second kappa shape index (κ2) is 17.1. The van der Waals surface area contributed by atoms with Crippen LogP contribution in [0.3, 0.4) is 0 Å². The minimum absolute atomic E-state index is 0.0214. The van der Waals surface area contributed by atoms with Gasteiger partial charge in [-0.25, -0.2) is 0 Å². The number of Topliss-reactive ketones (excluding diaryl/α,β-unsaturated/α-hetero) is 1. The summed E-state index contributed by atoms with van der Waals surface area (Å²) < 4.78 is 1.76. The highest BCUT2D eigenvalue weighted by Crippen LogP contribution is 2.38. The van der Waals surface area contributed by atoms with Gasteiger partial charge in [-0.3, -0.25) is 24.0 Å². The van der Waals surface area contributed by atoms with Crippen LogP contribution in [-0.4, -0.2) is 67.2 Å². The van der Waals surface area contributed by atoms with Crippen molar-refractivity contribution in [2.75, 3.05) is 37.0 Å². The Labute approximate surface area is 328 Å². The third-order valence-corrected chi connectivity index (χ3v) is 12.2. The number of anilines is 2. The van der Waals surface area contributed by atoms with Crippen molar-refractivity contribution in [1.29, 1.82) is 0 Å². The van der Waals surface area contributed by atoms with Crippen LogP contribution < -0.4 is 26.0 Å². The van der Waals surface area contributed by atoms with E-state index in [9.17, 15) is 33.9 Å². The summed E-state index contributed by atoms with van der Waals surface area (Å²) in [6.45, 7) is 2.09. The lowest BCUT2D eigenvalue weighted by Gasteiger charge is -2.24. The summed E-state index contributed by atoms with van der Waals surface area (Å²) in [4.78, 5) is 77.6. The molecule has 0 saturated heterocycles. The van der Waals surface area contributed by atoms with E-state index in [1.54, 1.807) is 52.1 Å². The predicted molar refractivity (Wildman–Crippen MR) is 208 cm³/mol. The number of carbonyl (C=O) groups is 6. The van der Waals surface area contributed by atoms with Crippen LogP contribution in [-0.2, 0) is 9.59 Å². The van der Waals surface area contributed by atoms with Gasteiger partial charge in [0.25, 0.3) is 11.8 Å². The molecule has 0 aliphatic rings. The SMILES string of the molecule is CCC(=O)c1c(I)c(C(=O)NCC(=O)Nc2c(I)c(C(=O)[O-])c(I)c(C(=O)NCCO)c2I)c(I)c(N(C)C(C)=O)c1I. The van der Waals surface area contributed by atoms with Gasteiger partial charge in [0, 0.05) is 52.3 Å². The number of nitrogens with one attached hydrogen (secondary N) is 3. The highest BCUT2D eigenvalue weighted by molar-refractivity contribution is 14.1. The number of carboxylic acids is 1. The smallest absolute Gasteiger partial charge is 0.253 e. The number of ketones is 1. The molecular weight excluding hydrogens is 1250 g/mol. The van der Waals surface area contributed by atoms with Gasteiger partial charge >= 0.3 is 0 Å². The van der Waals surface area contributed by atoms with Gasteiger partial charge in [-0.1, -0.05) is 6.92 Å². The van der Waals surface area contributed by atoms with Gasteiger partial charge in [0.15, 0.2) is 5.78 Å². The first-order chi connectivity index (χ1) is 20.0. The van der Waals surface area contributed by atoms with E-state index in [1.165, 1.54) is 18.9 Å². The molecule has 2 aromatic rings. The molecule has 0 aromatic heterocycles. The first-order valence-electron chi connectivity index (χ1n) is 11.9. The molecule has 0 aliphatic heterocycles. The number of aliphatic hydroxyl groups excluding tert-OH is 1. The quantitative estimate of drug-likeness (QED) is 0.195. The molecule has 0 heterocycles. The van der Waals surface area contributed by atoms with Crippen molar-refractivity contribution in [3.63, 3.8) is 0 Å². The number of nitrogens with zero attached hydrogens (tertiary/aromatic N) is 1. The lowest BCUT2D eigenvalue weighted by Crippen LogP contribution is -2.36. The van der Waals surface area contributed by atoms with Crippen molar-refractivity contribution in [2.24, 2.45) is 0 Å². The van der Waals surface area contributed by atoms with E-state index in [2.05, 4.69) is 16.0 Å². The molecule has 0 aliphatic carbocycles. The number of rotatable bonds is 11. The molecule has 4 amide bonds. The minimum atomic E-state index is -1.56. The number of carboxylic acid groups (broad SMARTS) is 1. The van der Waals surface area contributed by atoms with Crippen LogP contribution in [0.25, 0.3) is 0 Å². The van der Waals surface area contributed by atoms with E-state index in [-0.39, 0.29) is 64.4 Å². The van der Waals surface area contributed by atoms with Gasteiger partial charge in [0.2, 0.25) is 11.8 Å². The second-order valence-electron chi connectivity index (χ2n) is 8.46. The van der Waals surface area contributed by atoms with E-state index >= 15 is 0 Å². The summed E-state index contributed by atoms with van der Waals surface area (Å²) in [5, 5.41) is 28.6. The van der Waals surface area contributed by atoms with Crippen LogP contribution in [0.2, 0.25) is 0 Å². The van der Waals surface area contributed by atoms with Crippen LogP contribution in [0.5, 0.6) is 0 Å². The summed E-state index contributed by atoms with van der Waals surface area (Å²) in [7, 11) is 1.54. The Morgan fingerprint density at radius 1 is 0.767 bits per heavy atom. The zero-order chi connectivity index (χ0) is 32.9. The van der Waals surface area contributed by atoms with Gasteiger partial charge in [-0.2, -0.15) is 0 Å². The predicted octanol–water partition coefficient (Wildman–Crippen LogP) is 3.34. The van der Waals surface area contributed by atoms with Crippen molar-refractivity contribution in [3.05, 3.63) is 43.7 Å². The highest BCUT2D eigenvalue weighted by atomic mass is 127. The van der Waals surface area contributed by atoms with Gasteiger partial charge in [0.1, 0.15) is 0 Å². The molecular formula is C25H21I6N4O8-. The Morgan fingerprint density at radius 2 is 1.26 bits per heavy atom. The Morgan fingerprint density at radius 3 is 1.77 bits per heavy atom. The number of hydrogen-bond acceptors (Lipinski definition) is 8. The fourth-order valence-corrected chi connectivity index (χ4v) is 12.9. The van der Waals surface area contributed by atoms with E-state index in [1.807, 2.05) is 90.4 Å². The summed E-state index contributed by atoms with van der Waals surface area (Å²) in [6.07, 6.45) is 0.167. The van der Waals surface area contributed by atoms with Crippen molar-refractivity contribution >= 4 is 182 Å². The Balaban J connectivity index is 2.50. The zero-order valence-corrected chi connectivity index (χ0v) is 35.3. The van der Waals surface area contributed by atoms with E-state index < -0.39 is 30.2 Å². The fourth-order valence-electron chi connectivity index (χ4n) is 3.57. The van der Waals surface area contributed by atoms with Crippen LogP contribution in [0.15, 0.2) is 0 Å². The number of benzene rings is 2. The fraction of sp³-hybridized carbons (Fsp3) is 0.280. The number of carbonyl (C=O) groups excluding carboxylic acids is 6. The second-order valence-corrected chi connectivity index (χ2v) is 14.9. The molecule has 232 valence electrons. The maximum absolute atomic E-state index is 13.4. The maximum atomic E-state index is 13.4. The largest absolute Gasteiger partial charge is 0.545 e. The van der Waals surface area contributed by atoms with Gasteiger partial charge in [-0.15, -0.1) is 0 Å². The van der Waals surface area contributed by atoms with Gasteiger partial charge in [0.05, 0.1) is 48.8 Å². The van der Waals surface area contributed by atoms with E-state index in [0.717, 1.165) is 0 Å². The first-order valence-corrected chi connectivity index (χ1v) is 18.4. The number of aliphatic hydroxyl groups is 1. The van der Waals surface area contributed by atoms with Crippen molar-refractivity contribution < 1.29 is 39.0 Å². The zero-order valence-electron chi connectivity index (χ0n) is 22.3. The lowest BCUT2D eigenvalue weighted by molar-refractivity contribution is -0.255. The summed E-state index contributed by atoms with van der Waals surface area (Å²) in [5.41, 5.74) is 0.529. The monoisotopic (exact) mass is 1270 g/mol. The molecule has 4 N–H and O–H groups in total. The van der Waals surface area contributed by atoms with Crippen molar-refractivity contribution in [2.45, 2.75) is 20.3 Å². The number of aromatic carboxylic acids is 1. The third-order valence-electron chi connectivity index (χ3n) is 5.75. The molecule has 0 atom stereocenters. The summed E-state index contributed by atoms with van der Waals surface area (Å²) >= 11 is 11.1. The average molecular weight is 1270 g/mol. The van der Waals surface area contributed by atoms with Crippen LogP contribution >= 0.6 is 136 Å². The Kier molecular flexibility index (Phi) is 15.5.